The molecule has 0 bridgehead atoms. The lowest BCUT2D eigenvalue weighted by Gasteiger charge is -2.14. The summed E-state index contributed by atoms with van der Waals surface area (Å²) in [6, 6.07) is 12.7. The number of amides is 1. The van der Waals surface area contributed by atoms with Crippen LogP contribution in [-0.2, 0) is 9.53 Å². The van der Waals surface area contributed by atoms with Gasteiger partial charge in [0.25, 0.3) is 11.5 Å². The molecule has 0 atom stereocenters. The van der Waals surface area contributed by atoms with Gasteiger partial charge in [0.2, 0.25) is 5.69 Å². The van der Waals surface area contributed by atoms with Crippen LogP contribution in [0.1, 0.15) is 23.0 Å². The first kappa shape index (κ1) is 23.3. The molecule has 0 unspecified atom stereocenters. The first-order valence-corrected chi connectivity index (χ1v) is 10.3. The van der Waals surface area contributed by atoms with Gasteiger partial charge in [-0.05, 0) is 43.7 Å². The van der Waals surface area contributed by atoms with E-state index < -0.39 is 24.0 Å². The lowest BCUT2D eigenvalue weighted by atomic mass is 10.2. The zero-order chi connectivity index (χ0) is 23.3. The predicted molar refractivity (Wildman–Crippen MR) is 121 cm³/mol. The third kappa shape index (κ3) is 5.27. The first-order valence-electron chi connectivity index (χ1n) is 9.56. The summed E-state index contributed by atoms with van der Waals surface area (Å²) in [7, 11) is 0. The van der Waals surface area contributed by atoms with Crippen LogP contribution in [0.25, 0.3) is 5.69 Å². The lowest BCUT2D eigenvalue weighted by molar-refractivity contribution is -0.118. The maximum Gasteiger partial charge on any atom is 0.362 e. The van der Waals surface area contributed by atoms with Gasteiger partial charge >= 0.3 is 5.97 Å². The number of carbonyl (C=O) groups is 2. The Hall–Kier alpha value is -3.36. The van der Waals surface area contributed by atoms with E-state index in [4.69, 9.17) is 32.7 Å². The zero-order valence-electron chi connectivity index (χ0n) is 17.2. The van der Waals surface area contributed by atoms with Crippen LogP contribution in [0, 0.1) is 6.92 Å². The molecule has 10 heteroatoms. The average molecular weight is 476 g/mol. The van der Waals surface area contributed by atoms with Crippen LogP contribution in [0.3, 0.4) is 0 Å². The Labute approximate surface area is 193 Å². The van der Waals surface area contributed by atoms with Crippen molar-refractivity contribution in [3.05, 3.63) is 80.2 Å². The molecule has 1 N–H and O–H groups in total. The number of aromatic nitrogens is 2. The molecule has 0 aliphatic heterocycles. The molecule has 0 spiro atoms. The smallest absolute Gasteiger partial charge is 0.362 e. The Morgan fingerprint density at radius 1 is 1.09 bits per heavy atom. The lowest BCUT2D eigenvalue weighted by Crippen LogP contribution is -2.27. The highest BCUT2D eigenvalue weighted by molar-refractivity contribution is 6.32. The van der Waals surface area contributed by atoms with Crippen molar-refractivity contribution in [1.29, 1.82) is 0 Å². The van der Waals surface area contributed by atoms with Crippen molar-refractivity contribution in [2.45, 2.75) is 13.8 Å². The number of halogens is 2. The molecule has 0 fully saturated rings. The van der Waals surface area contributed by atoms with E-state index >= 15 is 0 Å². The molecule has 0 aliphatic rings. The van der Waals surface area contributed by atoms with Crippen molar-refractivity contribution >= 4 is 40.8 Å². The third-order valence-electron chi connectivity index (χ3n) is 4.35. The Bertz CT molecular complexity index is 1230. The minimum atomic E-state index is -0.811. The Morgan fingerprint density at radius 3 is 2.53 bits per heavy atom. The number of benzene rings is 2. The van der Waals surface area contributed by atoms with E-state index in [9.17, 15) is 14.4 Å². The summed E-state index contributed by atoms with van der Waals surface area (Å²) in [5.74, 6) is -1.51. The highest BCUT2D eigenvalue weighted by Gasteiger charge is 2.21. The van der Waals surface area contributed by atoms with Crippen LogP contribution in [-0.4, -0.2) is 34.9 Å². The number of nitrogens with zero attached hydrogens (tertiary/aromatic N) is 2. The molecule has 8 nitrogen and oxygen atoms in total. The molecule has 166 valence electrons. The van der Waals surface area contributed by atoms with E-state index in [1.54, 1.807) is 56.3 Å². The van der Waals surface area contributed by atoms with E-state index in [1.165, 1.54) is 0 Å². The summed E-state index contributed by atoms with van der Waals surface area (Å²) in [5, 5.41) is 7.52. The van der Waals surface area contributed by atoms with Crippen LogP contribution in [0.4, 0.5) is 5.69 Å². The second-order valence-corrected chi connectivity index (χ2v) is 7.34. The predicted octanol–water partition coefficient (Wildman–Crippen LogP) is 4.04. The maximum absolute atomic E-state index is 12.6. The Kier molecular flexibility index (Phi) is 7.50. The van der Waals surface area contributed by atoms with Crippen molar-refractivity contribution in [1.82, 2.24) is 9.78 Å². The van der Waals surface area contributed by atoms with Gasteiger partial charge in [-0.25, -0.2) is 4.79 Å². The summed E-state index contributed by atoms with van der Waals surface area (Å²) < 4.78 is 11.4. The molecule has 3 rings (SSSR count). The van der Waals surface area contributed by atoms with Crippen LogP contribution in [0.2, 0.25) is 10.0 Å². The van der Waals surface area contributed by atoms with Gasteiger partial charge in [-0.15, -0.1) is 0 Å². The highest BCUT2D eigenvalue weighted by atomic mass is 35.5. The molecular weight excluding hydrogens is 457 g/mol. The number of esters is 1. The fourth-order valence-electron chi connectivity index (χ4n) is 2.76. The van der Waals surface area contributed by atoms with Gasteiger partial charge in [0.15, 0.2) is 12.4 Å². The van der Waals surface area contributed by atoms with E-state index in [1.807, 2.05) is 0 Å². The second-order valence-electron chi connectivity index (χ2n) is 6.53. The monoisotopic (exact) mass is 475 g/mol. The first-order chi connectivity index (χ1) is 15.3. The van der Waals surface area contributed by atoms with Crippen molar-refractivity contribution < 1.29 is 19.1 Å². The van der Waals surface area contributed by atoms with E-state index in [0.717, 1.165) is 10.7 Å². The number of hydrogen-bond acceptors (Lipinski definition) is 6. The topological polar surface area (TPSA) is 99.5 Å². The molecule has 2 aromatic carbocycles. The van der Waals surface area contributed by atoms with Crippen LogP contribution < -0.4 is 15.6 Å². The average Bonchev–Trinajstić information content (AvgIpc) is 2.76. The molecule has 32 heavy (non-hydrogen) atoms. The number of carbonyl (C=O) groups excluding carboxylic acids is 2. The second kappa shape index (κ2) is 10.3. The molecule has 0 radical (unpaired) electrons. The Balaban J connectivity index is 1.88. The number of anilines is 1. The fraction of sp³-hybridized carbons (Fsp3) is 0.182. The maximum atomic E-state index is 12.6. The van der Waals surface area contributed by atoms with Gasteiger partial charge in [0.1, 0.15) is 0 Å². The number of para-hydroxylation sites is 1. The normalized spacial score (nSPS) is 10.5. The Morgan fingerprint density at radius 2 is 1.81 bits per heavy atom. The summed E-state index contributed by atoms with van der Waals surface area (Å²) in [4.78, 5) is 37.4. The van der Waals surface area contributed by atoms with E-state index in [0.29, 0.717) is 16.3 Å². The van der Waals surface area contributed by atoms with Crippen LogP contribution >= 0.6 is 23.2 Å². The molecule has 1 amide bonds. The SMILES string of the molecule is CCOC(=O)c1nn(-c2ccccc2Cl)c(=O)cc1OCC(=O)Nc1cccc(Cl)c1C. The van der Waals surface area contributed by atoms with Crippen molar-refractivity contribution in [3.63, 3.8) is 0 Å². The van der Waals surface area contributed by atoms with E-state index in [2.05, 4.69) is 10.4 Å². The molecule has 0 saturated heterocycles. The molecule has 3 aromatic rings. The largest absolute Gasteiger partial charge is 0.481 e. The molecule has 1 aromatic heterocycles. The van der Waals surface area contributed by atoms with Crippen molar-refractivity contribution in [2.75, 3.05) is 18.5 Å². The molecule has 0 saturated carbocycles. The quantitative estimate of drug-likeness (QED) is 0.517. The van der Waals surface area contributed by atoms with Gasteiger partial charge in [0.05, 0.1) is 23.4 Å². The minimum Gasteiger partial charge on any atom is -0.481 e. The number of hydrogen-bond donors (Lipinski definition) is 1. The number of ether oxygens (including phenoxy) is 2. The zero-order valence-corrected chi connectivity index (χ0v) is 18.7. The fourth-order valence-corrected chi connectivity index (χ4v) is 3.15. The van der Waals surface area contributed by atoms with Gasteiger partial charge in [0, 0.05) is 10.7 Å². The van der Waals surface area contributed by atoms with Gasteiger partial charge < -0.3 is 14.8 Å². The van der Waals surface area contributed by atoms with Crippen LogP contribution in [0.5, 0.6) is 5.75 Å². The van der Waals surface area contributed by atoms with Crippen molar-refractivity contribution in [2.24, 2.45) is 0 Å². The standard InChI is InChI=1S/C22H19Cl2N3O5/c1-3-31-22(30)21-18(11-20(29)27(26-21)17-10-5-4-7-15(17)24)32-12-19(28)25-16-9-6-8-14(23)13(16)2/h4-11H,3,12H2,1-2H3,(H,25,28). The third-order valence-corrected chi connectivity index (χ3v) is 5.08. The summed E-state index contributed by atoms with van der Waals surface area (Å²) in [6.45, 7) is 2.99. The number of nitrogens with one attached hydrogen (secondary N) is 1. The summed E-state index contributed by atoms with van der Waals surface area (Å²) >= 11 is 12.2. The molecule has 1 heterocycles. The summed E-state index contributed by atoms with van der Waals surface area (Å²) in [5.41, 5.74) is 0.624. The van der Waals surface area contributed by atoms with Crippen molar-refractivity contribution in [3.8, 4) is 11.4 Å². The highest BCUT2D eigenvalue weighted by Crippen LogP contribution is 2.23. The molecule has 0 aliphatic carbocycles. The van der Waals surface area contributed by atoms with E-state index in [-0.39, 0.29) is 28.8 Å². The van der Waals surface area contributed by atoms with Gasteiger partial charge in [-0.3, -0.25) is 9.59 Å². The summed E-state index contributed by atoms with van der Waals surface area (Å²) in [6.07, 6.45) is 0. The van der Waals surface area contributed by atoms with Gasteiger partial charge in [-0.1, -0.05) is 41.4 Å². The minimum absolute atomic E-state index is 0.0830. The van der Waals surface area contributed by atoms with Crippen LogP contribution in [0.15, 0.2) is 53.3 Å². The molecular formula is C22H19Cl2N3O5. The number of rotatable bonds is 7. The van der Waals surface area contributed by atoms with Gasteiger partial charge in [-0.2, -0.15) is 9.78 Å².